The van der Waals surface area contributed by atoms with E-state index in [1.165, 1.54) is 12.8 Å². The van der Waals surface area contributed by atoms with E-state index >= 15 is 0 Å². The number of hydrogen-bond acceptors (Lipinski definition) is 6. The predicted octanol–water partition coefficient (Wildman–Crippen LogP) is 2.51. The predicted molar refractivity (Wildman–Crippen MR) is 94.0 cm³/mol. The van der Waals surface area contributed by atoms with Crippen LogP contribution in [0.5, 0.6) is 11.5 Å². The minimum absolute atomic E-state index is 0.501. The maximum Gasteiger partial charge on any atom is 0.240 e. The smallest absolute Gasteiger partial charge is 0.240 e. The fourth-order valence-corrected chi connectivity index (χ4v) is 2.48. The summed E-state index contributed by atoms with van der Waals surface area (Å²) in [5, 5.41) is 3.07. The van der Waals surface area contributed by atoms with Gasteiger partial charge in [-0.3, -0.25) is 0 Å². The molecule has 0 spiro atoms. The average Bonchev–Trinajstić information content (AvgIpc) is 3.41. The summed E-state index contributed by atoms with van der Waals surface area (Å²) in [5.74, 6) is 1.33. The lowest BCUT2D eigenvalue weighted by atomic mass is 10.3. The molecule has 1 N–H and O–H groups in total. The SMILES string of the molecule is CNCCCOc1cc(N=C=O)cc(OCCCN(C)C2CC2)c1. The monoisotopic (exact) mass is 333 g/mol. The molecule has 0 aliphatic heterocycles. The molecule has 0 aromatic heterocycles. The van der Waals surface area contributed by atoms with E-state index in [1.54, 1.807) is 18.2 Å². The minimum Gasteiger partial charge on any atom is -0.493 e. The normalized spacial score (nSPS) is 13.6. The van der Waals surface area contributed by atoms with Crippen LogP contribution >= 0.6 is 0 Å². The Bertz CT molecular complexity index is 554. The van der Waals surface area contributed by atoms with Gasteiger partial charge in [-0.25, -0.2) is 4.79 Å². The molecule has 0 heterocycles. The Hall–Kier alpha value is -1.88. The molecule has 1 aromatic carbocycles. The number of nitrogens with one attached hydrogen (secondary N) is 1. The van der Waals surface area contributed by atoms with E-state index in [4.69, 9.17) is 9.47 Å². The second-order valence-corrected chi connectivity index (χ2v) is 6.09. The highest BCUT2D eigenvalue weighted by atomic mass is 16.5. The van der Waals surface area contributed by atoms with Crippen molar-refractivity contribution in [3.8, 4) is 11.5 Å². The fourth-order valence-electron chi connectivity index (χ4n) is 2.48. The van der Waals surface area contributed by atoms with Gasteiger partial charge in [0.25, 0.3) is 0 Å². The molecule has 6 nitrogen and oxygen atoms in total. The quantitative estimate of drug-likeness (QED) is 0.362. The second-order valence-electron chi connectivity index (χ2n) is 6.09. The van der Waals surface area contributed by atoms with Crippen molar-refractivity contribution >= 4 is 11.8 Å². The molecule has 0 unspecified atom stereocenters. The van der Waals surface area contributed by atoms with Crippen LogP contribution in [0.3, 0.4) is 0 Å². The molecule has 0 saturated heterocycles. The van der Waals surface area contributed by atoms with E-state index in [9.17, 15) is 4.79 Å². The second kappa shape index (κ2) is 10.1. The number of ether oxygens (including phenoxy) is 2. The third-order valence-electron chi connectivity index (χ3n) is 3.97. The summed E-state index contributed by atoms with van der Waals surface area (Å²) in [6.07, 6.45) is 6.07. The zero-order valence-corrected chi connectivity index (χ0v) is 14.6. The molecular formula is C18H27N3O3. The highest BCUT2D eigenvalue weighted by Gasteiger charge is 2.25. The molecule has 6 heteroatoms. The fraction of sp³-hybridized carbons (Fsp3) is 0.611. The van der Waals surface area contributed by atoms with Gasteiger partial charge in [-0.1, -0.05) is 0 Å². The Kier molecular flexibility index (Phi) is 7.75. The maximum absolute atomic E-state index is 10.5. The van der Waals surface area contributed by atoms with E-state index in [0.717, 1.165) is 32.0 Å². The Morgan fingerprint density at radius 2 is 1.88 bits per heavy atom. The number of hydrogen-bond donors (Lipinski definition) is 1. The highest BCUT2D eigenvalue weighted by molar-refractivity contribution is 5.55. The van der Waals surface area contributed by atoms with Gasteiger partial charge in [0.1, 0.15) is 11.5 Å². The van der Waals surface area contributed by atoms with Crippen molar-refractivity contribution in [1.29, 1.82) is 0 Å². The van der Waals surface area contributed by atoms with Crippen molar-refractivity contribution in [3.05, 3.63) is 18.2 Å². The number of aliphatic imine (C=N–C) groups is 1. The van der Waals surface area contributed by atoms with Crippen LogP contribution in [0.4, 0.5) is 5.69 Å². The maximum atomic E-state index is 10.5. The first-order valence-electron chi connectivity index (χ1n) is 8.56. The molecule has 2 rings (SSSR count). The van der Waals surface area contributed by atoms with Gasteiger partial charge in [0, 0.05) is 30.8 Å². The van der Waals surface area contributed by atoms with E-state index in [2.05, 4.69) is 22.3 Å². The van der Waals surface area contributed by atoms with Crippen LogP contribution in [0.15, 0.2) is 23.2 Å². The lowest BCUT2D eigenvalue weighted by Gasteiger charge is -2.15. The Balaban J connectivity index is 1.84. The Morgan fingerprint density at radius 3 is 2.46 bits per heavy atom. The van der Waals surface area contributed by atoms with Crippen molar-refractivity contribution in [2.24, 2.45) is 4.99 Å². The van der Waals surface area contributed by atoms with Gasteiger partial charge in [0.2, 0.25) is 6.08 Å². The molecule has 0 atom stereocenters. The molecular weight excluding hydrogens is 306 g/mol. The topological polar surface area (TPSA) is 63.2 Å². The van der Waals surface area contributed by atoms with Gasteiger partial charge < -0.3 is 19.7 Å². The van der Waals surface area contributed by atoms with Gasteiger partial charge in [-0.05, 0) is 46.3 Å². The van der Waals surface area contributed by atoms with Crippen molar-refractivity contribution < 1.29 is 14.3 Å². The molecule has 24 heavy (non-hydrogen) atoms. The third-order valence-corrected chi connectivity index (χ3v) is 3.97. The zero-order chi connectivity index (χ0) is 17.2. The minimum atomic E-state index is 0.501. The van der Waals surface area contributed by atoms with Crippen LogP contribution in [-0.4, -0.2) is 57.4 Å². The largest absolute Gasteiger partial charge is 0.493 e. The molecule has 0 radical (unpaired) electrons. The van der Waals surface area contributed by atoms with E-state index in [1.807, 2.05) is 13.1 Å². The van der Waals surface area contributed by atoms with Crippen LogP contribution in [0.25, 0.3) is 0 Å². The van der Waals surface area contributed by atoms with Crippen LogP contribution < -0.4 is 14.8 Å². The van der Waals surface area contributed by atoms with Gasteiger partial charge in [-0.15, -0.1) is 0 Å². The number of benzene rings is 1. The summed E-state index contributed by atoms with van der Waals surface area (Å²) >= 11 is 0. The average molecular weight is 333 g/mol. The van der Waals surface area contributed by atoms with Gasteiger partial charge in [0.05, 0.1) is 18.9 Å². The van der Waals surface area contributed by atoms with Crippen molar-refractivity contribution in [2.45, 2.75) is 31.7 Å². The molecule has 132 valence electrons. The van der Waals surface area contributed by atoms with E-state index in [0.29, 0.717) is 30.4 Å². The first kappa shape index (κ1) is 18.5. The lowest BCUT2D eigenvalue weighted by molar-refractivity contribution is 0.256. The van der Waals surface area contributed by atoms with Crippen molar-refractivity contribution in [2.75, 3.05) is 40.4 Å². The number of rotatable bonds is 12. The van der Waals surface area contributed by atoms with Crippen molar-refractivity contribution in [1.82, 2.24) is 10.2 Å². The van der Waals surface area contributed by atoms with Gasteiger partial charge in [0.15, 0.2) is 0 Å². The number of nitrogens with zero attached hydrogens (tertiary/aromatic N) is 2. The van der Waals surface area contributed by atoms with Gasteiger partial charge >= 0.3 is 0 Å². The van der Waals surface area contributed by atoms with E-state index < -0.39 is 0 Å². The van der Waals surface area contributed by atoms with Crippen LogP contribution in [0.1, 0.15) is 25.7 Å². The molecule has 1 fully saturated rings. The van der Waals surface area contributed by atoms with Gasteiger partial charge in [-0.2, -0.15) is 4.99 Å². The Labute approximate surface area is 143 Å². The zero-order valence-electron chi connectivity index (χ0n) is 14.6. The molecule has 1 aliphatic carbocycles. The van der Waals surface area contributed by atoms with Crippen LogP contribution in [0, 0.1) is 0 Å². The summed E-state index contributed by atoms with van der Waals surface area (Å²) in [5.41, 5.74) is 0.501. The Morgan fingerprint density at radius 1 is 1.21 bits per heavy atom. The van der Waals surface area contributed by atoms with Crippen LogP contribution in [0.2, 0.25) is 0 Å². The standard InChI is InChI=1S/C18H27N3O3/c1-19-7-3-9-23-17-11-15(20-14-22)12-18(13-17)24-10-4-8-21(2)16-5-6-16/h11-13,16,19H,3-10H2,1-2H3. The lowest BCUT2D eigenvalue weighted by Crippen LogP contribution is -2.23. The summed E-state index contributed by atoms with van der Waals surface area (Å²) in [7, 11) is 4.07. The summed E-state index contributed by atoms with van der Waals surface area (Å²) in [4.78, 5) is 16.6. The first-order chi connectivity index (χ1) is 11.7. The number of isocyanates is 1. The molecule has 1 saturated carbocycles. The molecule has 1 aromatic rings. The highest BCUT2D eigenvalue weighted by Crippen LogP contribution is 2.28. The molecule has 0 amide bonds. The van der Waals surface area contributed by atoms with E-state index in [-0.39, 0.29) is 0 Å². The third kappa shape index (κ3) is 6.71. The summed E-state index contributed by atoms with van der Waals surface area (Å²) in [6.45, 7) is 3.15. The molecule has 0 bridgehead atoms. The van der Waals surface area contributed by atoms with Crippen LogP contribution in [-0.2, 0) is 4.79 Å². The summed E-state index contributed by atoms with van der Waals surface area (Å²) < 4.78 is 11.5. The summed E-state index contributed by atoms with van der Waals surface area (Å²) in [6, 6.07) is 6.06. The number of carbonyl (C=O) groups excluding carboxylic acids is 1. The molecule has 1 aliphatic rings. The first-order valence-corrected chi connectivity index (χ1v) is 8.56. The van der Waals surface area contributed by atoms with Crippen molar-refractivity contribution in [3.63, 3.8) is 0 Å².